The molecule has 0 saturated heterocycles. The Labute approximate surface area is 123 Å². The first kappa shape index (κ1) is 14.6. The molecule has 106 valence electrons. The van der Waals surface area contributed by atoms with Crippen molar-refractivity contribution in [3.8, 4) is 11.8 Å². The van der Waals surface area contributed by atoms with Gasteiger partial charge in [-0.2, -0.15) is 0 Å². The number of aliphatic hydroxyl groups excluding tert-OH is 1. The van der Waals surface area contributed by atoms with Crippen LogP contribution in [0, 0.1) is 22.0 Å². The molecule has 1 aromatic carbocycles. The van der Waals surface area contributed by atoms with E-state index in [9.17, 15) is 14.9 Å². The summed E-state index contributed by atoms with van der Waals surface area (Å²) >= 11 is 1.14. The molecule has 0 unspecified atom stereocenters. The Morgan fingerprint density at radius 2 is 2.33 bits per heavy atom. The summed E-state index contributed by atoms with van der Waals surface area (Å²) in [5, 5.41) is 22.1. The van der Waals surface area contributed by atoms with Gasteiger partial charge in [-0.3, -0.25) is 20.2 Å². The Bertz CT molecular complexity index is 745. The second-order valence-electron chi connectivity index (χ2n) is 3.75. The summed E-state index contributed by atoms with van der Waals surface area (Å²) in [6, 6.07) is 5.41. The second-order valence-corrected chi connectivity index (χ2v) is 4.78. The number of rotatable bonds is 3. The predicted molar refractivity (Wildman–Crippen MR) is 77.1 cm³/mol. The lowest BCUT2D eigenvalue weighted by atomic mass is 10.2. The van der Waals surface area contributed by atoms with Crippen molar-refractivity contribution < 1.29 is 14.8 Å². The van der Waals surface area contributed by atoms with Gasteiger partial charge in [0, 0.05) is 17.7 Å². The summed E-state index contributed by atoms with van der Waals surface area (Å²) in [4.78, 5) is 26.6. The quantitative estimate of drug-likeness (QED) is 0.509. The SMILES string of the molecule is O=C(Nc1ncc(C#CCO)s1)c1cccc([N+](=O)[O-])c1. The molecule has 0 atom stereocenters. The molecule has 7 nitrogen and oxygen atoms in total. The minimum atomic E-state index is -0.567. The van der Waals surface area contributed by atoms with E-state index in [0.717, 1.165) is 11.3 Å². The third-order valence-corrected chi connectivity index (χ3v) is 3.16. The number of nitrogens with zero attached hydrogens (tertiary/aromatic N) is 2. The van der Waals surface area contributed by atoms with E-state index in [1.54, 1.807) is 0 Å². The Morgan fingerprint density at radius 1 is 1.52 bits per heavy atom. The number of benzene rings is 1. The maximum Gasteiger partial charge on any atom is 0.270 e. The van der Waals surface area contributed by atoms with E-state index in [1.807, 2.05) is 0 Å². The van der Waals surface area contributed by atoms with Crippen molar-refractivity contribution in [2.24, 2.45) is 0 Å². The van der Waals surface area contributed by atoms with E-state index in [4.69, 9.17) is 5.11 Å². The first-order chi connectivity index (χ1) is 10.1. The number of nitro groups is 1. The van der Waals surface area contributed by atoms with Crippen molar-refractivity contribution >= 4 is 28.1 Å². The largest absolute Gasteiger partial charge is 0.384 e. The molecule has 0 bridgehead atoms. The highest BCUT2D eigenvalue weighted by Crippen LogP contribution is 2.19. The van der Waals surface area contributed by atoms with Gasteiger partial charge in [0.25, 0.3) is 11.6 Å². The van der Waals surface area contributed by atoms with Crippen LogP contribution in [0.25, 0.3) is 0 Å². The molecule has 0 fully saturated rings. The van der Waals surface area contributed by atoms with E-state index in [2.05, 4.69) is 22.1 Å². The molecule has 8 heteroatoms. The lowest BCUT2D eigenvalue weighted by Gasteiger charge is -2.01. The maximum atomic E-state index is 12.0. The van der Waals surface area contributed by atoms with Crippen LogP contribution in [0.5, 0.6) is 0 Å². The molecule has 0 aliphatic rings. The smallest absolute Gasteiger partial charge is 0.270 e. The molecule has 0 aliphatic carbocycles. The number of non-ortho nitro benzene ring substituents is 1. The number of aliphatic hydroxyl groups is 1. The fraction of sp³-hybridized carbons (Fsp3) is 0.0769. The highest BCUT2D eigenvalue weighted by atomic mass is 32.1. The first-order valence-corrected chi connectivity index (χ1v) is 6.53. The standard InChI is InChI=1S/C13H9N3O4S/c17-6-2-5-11-8-14-13(21-11)15-12(18)9-3-1-4-10(7-9)16(19)20/h1,3-4,7-8,17H,6H2,(H,14,15,18). The van der Waals surface area contributed by atoms with Crippen molar-refractivity contribution in [2.75, 3.05) is 11.9 Å². The predicted octanol–water partition coefficient (Wildman–Crippen LogP) is 1.65. The number of nitrogens with one attached hydrogen (secondary N) is 1. The topological polar surface area (TPSA) is 105 Å². The minimum absolute atomic E-state index is 0.156. The van der Waals surface area contributed by atoms with E-state index in [0.29, 0.717) is 10.0 Å². The van der Waals surface area contributed by atoms with Gasteiger partial charge in [0.1, 0.15) is 6.61 Å². The summed E-state index contributed by atoms with van der Waals surface area (Å²) in [7, 11) is 0. The van der Waals surface area contributed by atoms with Gasteiger partial charge in [-0.25, -0.2) is 4.98 Å². The van der Waals surface area contributed by atoms with Crippen LogP contribution < -0.4 is 5.32 Å². The minimum Gasteiger partial charge on any atom is -0.384 e. The van der Waals surface area contributed by atoms with Crippen molar-refractivity contribution in [3.63, 3.8) is 0 Å². The fourth-order valence-electron chi connectivity index (χ4n) is 1.45. The van der Waals surface area contributed by atoms with Gasteiger partial charge in [-0.1, -0.05) is 29.2 Å². The molecule has 1 amide bonds. The Hall–Kier alpha value is -2.76. The number of carbonyl (C=O) groups is 1. The van der Waals surface area contributed by atoms with Crippen molar-refractivity contribution in [1.29, 1.82) is 0 Å². The molecule has 0 aliphatic heterocycles. The number of thiazole rings is 1. The number of hydrogen-bond donors (Lipinski definition) is 2. The summed E-state index contributed by atoms with van der Waals surface area (Å²) in [5.74, 6) is 4.65. The van der Waals surface area contributed by atoms with Gasteiger partial charge in [0.15, 0.2) is 5.13 Å². The van der Waals surface area contributed by atoms with Gasteiger partial charge in [0.2, 0.25) is 0 Å². The van der Waals surface area contributed by atoms with E-state index in [-0.39, 0.29) is 17.9 Å². The van der Waals surface area contributed by atoms with Gasteiger partial charge in [-0.05, 0) is 6.07 Å². The van der Waals surface area contributed by atoms with E-state index in [1.165, 1.54) is 30.5 Å². The normalized spacial score (nSPS) is 9.57. The monoisotopic (exact) mass is 303 g/mol. The van der Waals surface area contributed by atoms with Crippen molar-refractivity contribution in [2.45, 2.75) is 0 Å². The Morgan fingerprint density at radius 3 is 3.05 bits per heavy atom. The molecular formula is C13H9N3O4S. The van der Waals surface area contributed by atoms with Crippen LogP contribution >= 0.6 is 11.3 Å². The molecule has 0 radical (unpaired) electrons. The van der Waals surface area contributed by atoms with Crippen LogP contribution in [0.4, 0.5) is 10.8 Å². The van der Waals surface area contributed by atoms with Crippen LogP contribution in [-0.4, -0.2) is 27.5 Å². The van der Waals surface area contributed by atoms with Crippen LogP contribution in [0.2, 0.25) is 0 Å². The zero-order chi connectivity index (χ0) is 15.2. The first-order valence-electron chi connectivity index (χ1n) is 5.71. The Balaban J connectivity index is 2.12. The number of carbonyl (C=O) groups excluding carboxylic acids is 1. The lowest BCUT2D eigenvalue weighted by molar-refractivity contribution is -0.384. The average molecular weight is 303 g/mol. The molecule has 1 heterocycles. The molecule has 2 aromatic rings. The zero-order valence-electron chi connectivity index (χ0n) is 10.6. The number of aromatic nitrogens is 1. The zero-order valence-corrected chi connectivity index (χ0v) is 11.4. The van der Waals surface area contributed by atoms with Crippen LogP contribution in [0.3, 0.4) is 0 Å². The number of anilines is 1. The molecule has 0 spiro atoms. The summed E-state index contributed by atoms with van der Waals surface area (Å²) in [5.41, 5.74) is 0.0127. The van der Waals surface area contributed by atoms with Crippen LogP contribution in [0.1, 0.15) is 15.2 Å². The van der Waals surface area contributed by atoms with Crippen molar-refractivity contribution in [1.82, 2.24) is 4.98 Å². The van der Waals surface area contributed by atoms with Gasteiger partial charge >= 0.3 is 0 Å². The third-order valence-electron chi connectivity index (χ3n) is 2.34. The molecule has 2 rings (SSSR count). The van der Waals surface area contributed by atoms with E-state index >= 15 is 0 Å². The van der Waals surface area contributed by atoms with Crippen LogP contribution in [-0.2, 0) is 0 Å². The van der Waals surface area contributed by atoms with Gasteiger partial charge < -0.3 is 5.11 Å². The lowest BCUT2D eigenvalue weighted by Crippen LogP contribution is -2.11. The summed E-state index contributed by atoms with van der Waals surface area (Å²) < 4.78 is 0. The van der Waals surface area contributed by atoms with E-state index < -0.39 is 10.8 Å². The molecule has 0 saturated carbocycles. The fourth-order valence-corrected chi connectivity index (χ4v) is 2.13. The highest BCUT2D eigenvalue weighted by molar-refractivity contribution is 7.16. The third kappa shape index (κ3) is 3.85. The number of nitro benzene ring substituents is 1. The summed E-state index contributed by atoms with van der Waals surface area (Å²) in [6.45, 7) is -0.257. The molecule has 21 heavy (non-hydrogen) atoms. The van der Waals surface area contributed by atoms with Crippen molar-refractivity contribution in [3.05, 3.63) is 51.0 Å². The summed E-state index contributed by atoms with van der Waals surface area (Å²) in [6.07, 6.45) is 1.47. The second kappa shape index (κ2) is 6.60. The molecular weight excluding hydrogens is 294 g/mol. The number of amides is 1. The average Bonchev–Trinajstić information content (AvgIpc) is 2.92. The van der Waals surface area contributed by atoms with Gasteiger partial charge in [0.05, 0.1) is 16.0 Å². The van der Waals surface area contributed by atoms with Gasteiger partial charge in [-0.15, -0.1) is 0 Å². The number of hydrogen-bond acceptors (Lipinski definition) is 6. The maximum absolute atomic E-state index is 12.0. The highest BCUT2D eigenvalue weighted by Gasteiger charge is 2.12. The molecule has 2 N–H and O–H groups in total. The molecule has 1 aromatic heterocycles. The Kier molecular flexibility index (Phi) is 4.61. The van der Waals surface area contributed by atoms with Crippen LogP contribution in [0.15, 0.2) is 30.5 Å².